The summed E-state index contributed by atoms with van der Waals surface area (Å²) in [4.78, 5) is 11.9. The number of nitrogens with two attached hydrogens (primary N) is 1. The van der Waals surface area contributed by atoms with Crippen LogP contribution >= 0.6 is 0 Å². The first-order valence-corrected chi connectivity index (χ1v) is 6.48. The zero-order chi connectivity index (χ0) is 16.1. The van der Waals surface area contributed by atoms with Crippen LogP contribution in [-0.4, -0.2) is 40.6 Å². The SMILES string of the molecule is Cc1c(C(=O)NCCN)nnn1-c1ccc(OC(F)F)cc1. The molecular weight excluding hydrogens is 296 g/mol. The number of carbonyl (C=O) groups is 1. The topological polar surface area (TPSA) is 95.1 Å². The lowest BCUT2D eigenvalue weighted by Crippen LogP contribution is -2.29. The summed E-state index contributed by atoms with van der Waals surface area (Å²) in [6.07, 6.45) is 0. The molecule has 1 aromatic heterocycles. The van der Waals surface area contributed by atoms with Crippen molar-refractivity contribution in [1.82, 2.24) is 20.3 Å². The number of amides is 1. The maximum Gasteiger partial charge on any atom is 0.387 e. The van der Waals surface area contributed by atoms with Crippen LogP contribution in [0.25, 0.3) is 5.69 Å². The fourth-order valence-electron chi connectivity index (χ4n) is 1.82. The van der Waals surface area contributed by atoms with Crippen molar-refractivity contribution in [2.75, 3.05) is 13.1 Å². The van der Waals surface area contributed by atoms with E-state index in [0.717, 1.165) is 0 Å². The van der Waals surface area contributed by atoms with Gasteiger partial charge in [-0.15, -0.1) is 5.10 Å². The number of hydrogen-bond donors (Lipinski definition) is 2. The maximum atomic E-state index is 12.1. The van der Waals surface area contributed by atoms with Crippen LogP contribution in [0.1, 0.15) is 16.2 Å². The zero-order valence-corrected chi connectivity index (χ0v) is 11.8. The highest BCUT2D eigenvalue weighted by Gasteiger charge is 2.16. The highest BCUT2D eigenvalue weighted by atomic mass is 19.3. The molecule has 1 amide bonds. The number of benzene rings is 1. The van der Waals surface area contributed by atoms with Gasteiger partial charge in [-0.25, -0.2) is 4.68 Å². The number of carbonyl (C=O) groups excluding carboxylic acids is 1. The second-order valence-corrected chi connectivity index (χ2v) is 4.35. The van der Waals surface area contributed by atoms with Crippen LogP contribution in [0.2, 0.25) is 0 Å². The molecule has 0 radical (unpaired) electrons. The van der Waals surface area contributed by atoms with Crippen molar-refractivity contribution in [3.8, 4) is 11.4 Å². The molecule has 1 heterocycles. The minimum Gasteiger partial charge on any atom is -0.435 e. The molecule has 118 valence electrons. The van der Waals surface area contributed by atoms with Crippen molar-refractivity contribution in [2.45, 2.75) is 13.5 Å². The first-order chi connectivity index (χ1) is 10.5. The van der Waals surface area contributed by atoms with Crippen LogP contribution < -0.4 is 15.8 Å². The van der Waals surface area contributed by atoms with Gasteiger partial charge in [-0.1, -0.05) is 5.21 Å². The van der Waals surface area contributed by atoms with E-state index in [4.69, 9.17) is 5.73 Å². The molecule has 0 spiro atoms. The normalized spacial score (nSPS) is 10.8. The molecule has 0 atom stereocenters. The Labute approximate surface area is 125 Å². The highest BCUT2D eigenvalue weighted by Crippen LogP contribution is 2.18. The van der Waals surface area contributed by atoms with Gasteiger partial charge in [-0.2, -0.15) is 8.78 Å². The predicted molar refractivity (Wildman–Crippen MR) is 74.1 cm³/mol. The molecule has 0 unspecified atom stereocenters. The standard InChI is InChI=1S/C13H15F2N5O2/c1-8-11(12(21)17-7-6-16)18-19-20(8)9-2-4-10(5-3-9)22-13(14)15/h2-5,13H,6-7,16H2,1H3,(H,17,21). The summed E-state index contributed by atoms with van der Waals surface area (Å²) in [5.74, 6) is -0.329. The largest absolute Gasteiger partial charge is 0.435 e. The highest BCUT2D eigenvalue weighted by molar-refractivity contribution is 5.93. The number of halogens is 2. The number of nitrogens with one attached hydrogen (secondary N) is 1. The molecule has 0 aliphatic rings. The molecule has 0 fully saturated rings. The number of aromatic nitrogens is 3. The smallest absolute Gasteiger partial charge is 0.387 e. The van der Waals surface area contributed by atoms with E-state index in [1.807, 2.05) is 0 Å². The van der Waals surface area contributed by atoms with E-state index in [0.29, 0.717) is 24.5 Å². The molecule has 0 saturated carbocycles. The summed E-state index contributed by atoms with van der Waals surface area (Å²) in [5, 5.41) is 10.3. The van der Waals surface area contributed by atoms with Gasteiger partial charge in [0.05, 0.1) is 11.4 Å². The van der Waals surface area contributed by atoms with Crippen LogP contribution in [0.3, 0.4) is 0 Å². The second kappa shape index (κ2) is 6.94. The third kappa shape index (κ3) is 3.55. The van der Waals surface area contributed by atoms with Gasteiger partial charge >= 0.3 is 6.61 Å². The molecule has 2 aromatic rings. The molecule has 2 rings (SSSR count). The minimum absolute atomic E-state index is 0.0393. The van der Waals surface area contributed by atoms with Crippen molar-refractivity contribution in [2.24, 2.45) is 5.73 Å². The molecule has 0 aliphatic carbocycles. The van der Waals surface area contributed by atoms with Crippen molar-refractivity contribution in [3.05, 3.63) is 35.7 Å². The Morgan fingerprint density at radius 3 is 2.68 bits per heavy atom. The average Bonchev–Trinajstić information content (AvgIpc) is 2.87. The first kappa shape index (κ1) is 15.8. The van der Waals surface area contributed by atoms with Gasteiger partial charge in [0.2, 0.25) is 0 Å². The second-order valence-electron chi connectivity index (χ2n) is 4.35. The van der Waals surface area contributed by atoms with Crippen LogP contribution in [0, 0.1) is 6.92 Å². The lowest BCUT2D eigenvalue weighted by molar-refractivity contribution is -0.0498. The first-order valence-electron chi connectivity index (χ1n) is 6.48. The minimum atomic E-state index is -2.88. The molecule has 0 aliphatic heterocycles. The van der Waals surface area contributed by atoms with Crippen molar-refractivity contribution in [3.63, 3.8) is 0 Å². The number of nitrogens with zero attached hydrogens (tertiary/aromatic N) is 3. The monoisotopic (exact) mass is 311 g/mol. The lowest BCUT2D eigenvalue weighted by atomic mass is 10.2. The fraction of sp³-hybridized carbons (Fsp3) is 0.308. The maximum absolute atomic E-state index is 12.1. The third-order valence-electron chi connectivity index (χ3n) is 2.85. The number of alkyl halides is 2. The van der Waals surface area contributed by atoms with E-state index in [2.05, 4.69) is 20.4 Å². The van der Waals surface area contributed by atoms with Gasteiger partial charge in [0.25, 0.3) is 5.91 Å². The molecule has 0 saturated heterocycles. The van der Waals surface area contributed by atoms with Crippen molar-refractivity contribution >= 4 is 5.91 Å². The Kier molecular flexibility index (Phi) is 4.99. The van der Waals surface area contributed by atoms with E-state index in [-0.39, 0.29) is 17.4 Å². The van der Waals surface area contributed by atoms with Gasteiger partial charge in [0.15, 0.2) is 5.69 Å². The van der Waals surface area contributed by atoms with Crippen molar-refractivity contribution < 1.29 is 18.3 Å². The Balaban J connectivity index is 2.19. The van der Waals surface area contributed by atoms with Gasteiger partial charge in [0.1, 0.15) is 5.75 Å². The van der Waals surface area contributed by atoms with Crippen LogP contribution in [0.15, 0.2) is 24.3 Å². The van der Waals surface area contributed by atoms with Crippen LogP contribution in [0.5, 0.6) is 5.75 Å². The fourth-order valence-corrected chi connectivity index (χ4v) is 1.82. The molecule has 3 N–H and O–H groups in total. The van der Waals surface area contributed by atoms with Gasteiger partial charge in [-0.3, -0.25) is 4.79 Å². The number of rotatable bonds is 6. The summed E-state index contributed by atoms with van der Waals surface area (Å²) >= 11 is 0. The van der Waals surface area contributed by atoms with Gasteiger partial charge in [0, 0.05) is 13.1 Å². The summed E-state index contributed by atoms with van der Waals surface area (Å²) in [5.41, 5.74) is 6.60. The summed E-state index contributed by atoms with van der Waals surface area (Å²) in [6, 6.07) is 5.86. The molecule has 0 bridgehead atoms. The number of ether oxygens (including phenoxy) is 1. The predicted octanol–water partition coefficient (Wildman–Crippen LogP) is 0.866. The van der Waals surface area contributed by atoms with E-state index in [1.54, 1.807) is 19.1 Å². The molecule has 22 heavy (non-hydrogen) atoms. The quantitative estimate of drug-likeness (QED) is 0.825. The van der Waals surface area contributed by atoms with Crippen LogP contribution in [-0.2, 0) is 0 Å². The Hall–Kier alpha value is -2.55. The molecular formula is C13H15F2N5O2. The van der Waals surface area contributed by atoms with E-state index in [9.17, 15) is 13.6 Å². The van der Waals surface area contributed by atoms with Gasteiger partial charge in [-0.05, 0) is 31.2 Å². The number of hydrogen-bond acceptors (Lipinski definition) is 5. The van der Waals surface area contributed by atoms with E-state index in [1.165, 1.54) is 16.8 Å². The third-order valence-corrected chi connectivity index (χ3v) is 2.85. The van der Waals surface area contributed by atoms with E-state index >= 15 is 0 Å². The summed E-state index contributed by atoms with van der Waals surface area (Å²) in [7, 11) is 0. The summed E-state index contributed by atoms with van der Waals surface area (Å²) in [6.45, 7) is -0.534. The van der Waals surface area contributed by atoms with E-state index < -0.39 is 6.61 Å². The molecule has 7 nitrogen and oxygen atoms in total. The van der Waals surface area contributed by atoms with Crippen molar-refractivity contribution in [1.29, 1.82) is 0 Å². The summed E-state index contributed by atoms with van der Waals surface area (Å²) < 4.78 is 29.9. The molecule has 1 aromatic carbocycles. The average molecular weight is 311 g/mol. The zero-order valence-electron chi connectivity index (χ0n) is 11.8. The Morgan fingerprint density at radius 2 is 2.09 bits per heavy atom. The Morgan fingerprint density at radius 1 is 1.41 bits per heavy atom. The lowest BCUT2D eigenvalue weighted by Gasteiger charge is -2.07. The Bertz CT molecular complexity index is 642. The van der Waals surface area contributed by atoms with Gasteiger partial charge < -0.3 is 15.8 Å². The molecule has 9 heteroatoms. The van der Waals surface area contributed by atoms with Crippen LogP contribution in [0.4, 0.5) is 8.78 Å².